The molecule has 0 atom stereocenters. The fraction of sp³-hybridized carbons (Fsp3) is 0. The number of carbonyl (C=O) groups is 2. The Bertz CT molecular complexity index is 1670. The van der Waals surface area contributed by atoms with E-state index in [4.69, 9.17) is 46.4 Å². The number of aromatic amines is 1. The lowest BCUT2D eigenvalue weighted by Gasteiger charge is -2.05. The van der Waals surface area contributed by atoms with Crippen LogP contribution in [0, 0.1) is 22.7 Å². The van der Waals surface area contributed by atoms with E-state index >= 15 is 0 Å². The van der Waals surface area contributed by atoms with Gasteiger partial charge in [0.2, 0.25) is 0 Å². The number of fused-ring (bicyclic) bond motifs is 1. The first-order valence-corrected chi connectivity index (χ1v) is 11.9. The number of nitrogens with zero attached hydrogens (tertiary/aromatic N) is 2. The minimum absolute atomic E-state index is 0.140. The molecular formula is C26H13Cl4N5O2. The lowest BCUT2D eigenvalue weighted by molar-refractivity contribution is -0.111. The van der Waals surface area contributed by atoms with Gasteiger partial charge in [0, 0.05) is 22.1 Å². The van der Waals surface area contributed by atoms with E-state index < -0.39 is 11.8 Å². The maximum atomic E-state index is 13.0. The van der Waals surface area contributed by atoms with Crippen LogP contribution < -0.4 is 21.3 Å². The molecule has 4 aromatic rings. The van der Waals surface area contributed by atoms with E-state index in [0.717, 1.165) is 0 Å². The van der Waals surface area contributed by atoms with E-state index in [1.165, 1.54) is 36.4 Å². The first-order chi connectivity index (χ1) is 17.7. The van der Waals surface area contributed by atoms with Gasteiger partial charge >= 0.3 is 0 Å². The molecule has 0 aliphatic heterocycles. The second kappa shape index (κ2) is 11.0. The number of rotatable bonds is 4. The molecule has 7 nitrogen and oxygen atoms in total. The predicted molar refractivity (Wildman–Crippen MR) is 146 cm³/mol. The zero-order valence-corrected chi connectivity index (χ0v) is 21.5. The second-order valence-corrected chi connectivity index (χ2v) is 9.19. The van der Waals surface area contributed by atoms with Crippen LogP contribution in [-0.2, 0) is 9.59 Å². The van der Waals surface area contributed by atoms with Gasteiger partial charge in [-0.2, -0.15) is 10.5 Å². The van der Waals surface area contributed by atoms with Crippen molar-refractivity contribution in [3.63, 3.8) is 0 Å². The third-order valence-electron chi connectivity index (χ3n) is 5.25. The molecule has 0 spiro atoms. The molecule has 3 aromatic carbocycles. The topological polar surface area (TPSA) is 122 Å². The van der Waals surface area contributed by atoms with Crippen LogP contribution in [-0.4, -0.2) is 16.8 Å². The van der Waals surface area contributed by atoms with Gasteiger partial charge in [-0.1, -0.05) is 70.7 Å². The van der Waals surface area contributed by atoms with Gasteiger partial charge in [-0.3, -0.25) is 9.59 Å². The lowest BCUT2D eigenvalue weighted by atomic mass is 10.1. The van der Waals surface area contributed by atoms with Crippen molar-refractivity contribution in [3.05, 3.63) is 91.5 Å². The largest absolute Gasteiger partial charge is 0.352 e. The molecule has 0 radical (unpaired) electrons. The number of aromatic nitrogens is 1. The van der Waals surface area contributed by atoms with Crippen molar-refractivity contribution in [2.75, 3.05) is 10.6 Å². The summed E-state index contributed by atoms with van der Waals surface area (Å²) in [6.07, 6.45) is 0. The Morgan fingerprint density at radius 1 is 0.649 bits per heavy atom. The van der Waals surface area contributed by atoms with Gasteiger partial charge in [0.25, 0.3) is 11.8 Å². The Kier molecular flexibility index (Phi) is 7.73. The first kappa shape index (κ1) is 26.1. The number of H-pyrrole nitrogens is 1. The molecule has 0 aliphatic carbocycles. The van der Waals surface area contributed by atoms with Crippen molar-refractivity contribution in [1.29, 1.82) is 10.5 Å². The maximum absolute atomic E-state index is 13.0. The summed E-state index contributed by atoms with van der Waals surface area (Å²) in [7, 11) is 0. The fourth-order valence-electron chi connectivity index (χ4n) is 3.55. The van der Waals surface area contributed by atoms with Crippen LogP contribution >= 0.6 is 46.4 Å². The Labute approximate surface area is 230 Å². The highest BCUT2D eigenvalue weighted by molar-refractivity contribution is 6.43. The van der Waals surface area contributed by atoms with Crippen molar-refractivity contribution < 1.29 is 9.59 Å². The van der Waals surface area contributed by atoms with E-state index in [9.17, 15) is 20.1 Å². The molecule has 2 amide bonds. The number of hydrogen-bond acceptors (Lipinski definition) is 4. The molecule has 182 valence electrons. The van der Waals surface area contributed by atoms with Crippen LogP contribution in [0.5, 0.6) is 0 Å². The van der Waals surface area contributed by atoms with E-state index in [2.05, 4.69) is 15.6 Å². The zero-order chi connectivity index (χ0) is 26.7. The SMILES string of the molecule is N#C/C(C(=O)Nc1ccc(Cl)c(Cl)c1)=c1/[nH]/c(=C(/C#N)C(=O)Nc2ccc(Cl)c(Cl)c2)c2ccccc12. The standard InChI is InChI=1S/C26H13Cl4N5O2/c27-19-7-5-13(9-21(19)29)33-25(36)17(11-31)23-15-3-1-2-4-16(15)24(35-23)18(12-32)26(37)34-14-6-8-20(28)22(30)10-14/h1-10,35H,(H,33,36)(H,34,37)/b23-17-,24-18-. The normalized spacial score (nSPS) is 12.3. The Morgan fingerprint density at radius 3 is 1.41 bits per heavy atom. The summed E-state index contributed by atoms with van der Waals surface area (Å²) in [6, 6.07) is 19.5. The molecule has 0 fully saturated rings. The summed E-state index contributed by atoms with van der Waals surface area (Å²) in [6.45, 7) is 0. The van der Waals surface area contributed by atoms with Gasteiger partial charge in [-0.05, 0) is 36.4 Å². The molecule has 4 rings (SSSR count). The van der Waals surface area contributed by atoms with E-state index in [-0.39, 0.29) is 31.9 Å². The van der Waals surface area contributed by atoms with Crippen LogP contribution in [0.1, 0.15) is 0 Å². The molecule has 0 aliphatic rings. The smallest absolute Gasteiger partial charge is 0.268 e. The summed E-state index contributed by atoms with van der Waals surface area (Å²) in [5, 5.41) is 27.2. The van der Waals surface area contributed by atoms with Gasteiger partial charge in [-0.15, -0.1) is 0 Å². The lowest BCUT2D eigenvalue weighted by Crippen LogP contribution is -2.25. The zero-order valence-electron chi connectivity index (χ0n) is 18.5. The summed E-state index contributed by atoms with van der Waals surface area (Å²) in [5.74, 6) is -1.45. The highest BCUT2D eigenvalue weighted by Gasteiger charge is 2.18. The molecule has 0 unspecified atom stereocenters. The number of nitrogens with one attached hydrogen (secondary N) is 3. The molecule has 1 heterocycles. The molecule has 1 aromatic heterocycles. The third kappa shape index (κ3) is 5.41. The second-order valence-electron chi connectivity index (χ2n) is 7.56. The number of nitriles is 2. The number of carbonyl (C=O) groups excluding carboxylic acids is 2. The fourth-order valence-corrected chi connectivity index (χ4v) is 4.14. The third-order valence-corrected chi connectivity index (χ3v) is 6.73. The van der Waals surface area contributed by atoms with Gasteiger partial charge in [0.1, 0.15) is 23.3 Å². The average molecular weight is 569 g/mol. The van der Waals surface area contributed by atoms with Crippen LogP contribution in [0.4, 0.5) is 11.4 Å². The molecule has 0 saturated heterocycles. The number of anilines is 2. The molecule has 0 saturated carbocycles. The number of amides is 2. The van der Waals surface area contributed by atoms with Gasteiger partial charge in [0.05, 0.1) is 30.8 Å². The van der Waals surface area contributed by atoms with Crippen molar-refractivity contribution >= 4 is 91.5 Å². The minimum Gasteiger partial charge on any atom is -0.352 e. The summed E-state index contributed by atoms with van der Waals surface area (Å²) >= 11 is 23.9. The number of halogens is 4. The van der Waals surface area contributed by atoms with Gasteiger partial charge in [0.15, 0.2) is 0 Å². The average Bonchev–Trinajstić information content (AvgIpc) is 3.24. The minimum atomic E-state index is -0.724. The molecule has 11 heteroatoms. The van der Waals surface area contributed by atoms with Crippen molar-refractivity contribution in [3.8, 4) is 12.1 Å². The van der Waals surface area contributed by atoms with Crippen molar-refractivity contribution in [1.82, 2.24) is 4.98 Å². The van der Waals surface area contributed by atoms with Gasteiger partial charge in [-0.25, -0.2) is 0 Å². The summed E-state index contributed by atoms with van der Waals surface area (Å²) in [5.41, 5.74) is 0.119. The molecule has 0 bridgehead atoms. The van der Waals surface area contributed by atoms with Crippen LogP contribution in [0.2, 0.25) is 20.1 Å². The van der Waals surface area contributed by atoms with Gasteiger partial charge < -0.3 is 15.6 Å². The van der Waals surface area contributed by atoms with Crippen molar-refractivity contribution in [2.24, 2.45) is 0 Å². The summed E-state index contributed by atoms with van der Waals surface area (Å²) < 4.78 is 0. The molecular weight excluding hydrogens is 556 g/mol. The number of hydrogen-bond donors (Lipinski definition) is 3. The van der Waals surface area contributed by atoms with E-state index in [0.29, 0.717) is 32.2 Å². The Balaban J connectivity index is 1.86. The molecule has 3 N–H and O–H groups in total. The highest BCUT2D eigenvalue weighted by atomic mass is 35.5. The van der Waals surface area contributed by atoms with Crippen LogP contribution in [0.15, 0.2) is 60.7 Å². The number of benzene rings is 3. The van der Waals surface area contributed by atoms with E-state index in [1.807, 2.05) is 12.1 Å². The maximum Gasteiger partial charge on any atom is 0.268 e. The predicted octanol–water partition coefficient (Wildman–Crippen LogP) is 5.41. The Hall–Kier alpha value is -3.98. The van der Waals surface area contributed by atoms with Crippen molar-refractivity contribution in [2.45, 2.75) is 0 Å². The molecule has 37 heavy (non-hydrogen) atoms. The Morgan fingerprint density at radius 2 is 1.05 bits per heavy atom. The quantitative estimate of drug-likeness (QED) is 0.305. The first-order valence-electron chi connectivity index (χ1n) is 10.4. The van der Waals surface area contributed by atoms with E-state index in [1.54, 1.807) is 24.3 Å². The van der Waals surface area contributed by atoms with Crippen LogP contribution in [0.3, 0.4) is 0 Å². The highest BCUT2D eigenvalue weighted by Crippen LogP contribution is 2.26. The monoisotopic (exact) mass is 567 g/mol. The van der Waals surface area contributed by atoms with Crippen LogP contribution in [0.25, 0.3) is 21.9 Å². The summed E-state index contributed by atoms with van der Waals surface area (Å²) in [4.78, 5) is 29.0.